The number of methoxy groups -OCH3 is 2. The summed E-state index contributed by atoms with van der Waals surface area (Å²) in [7, 11) is 3.16. The Kier molecular flexibility index (Phi) is 4.55. The Morgan fingerprint density at radius 1 is 1.32 bits per heavy atom. The Labute approximate surface area is 118 Å². The van der Waals surface area contributed by atoms with Gasteiger partial charge in [0.1, 0.15) is 0 Å². The fourth-order valence-corrected chi connectivity index (χ4v) is 2.40. The number of hydrogen-bond donors (Lipinski definition) is 2. The van der Waals surface area contributed by atoms with Crippen LogP contribution in [0.5, 0.6) is 11.5 Å². The average Bonchev–Trinajstić information content (AvgIpc) is 3.21. The Hall–Kier alpha value is -0.970. The third kappa shape index (κ3) is 3.14. The molecule has 2 rings (SSSR count). The standard InChI is InChI=1S/C14H20ClNO3/c1-18-11-4-3-10(12(15)13(11)19-2)7-16-8-14(9-17)5-6-14/h3-4,16-17H,5-9H2,1-2H3. The van der Waals surface area contributed by atoms with E-state index in [9.17, 15) is 5.11 Å². The van der Waals surface area contributed by atoms with E-state index in [1.807, 2.05) is 12.1 Å². The molecule has 0 atom stereocenters. The molecule has 19 heavy (non-hydrogen) atoms. The van der Waals surface area contributed by atoms with E-state index in [-0.39, 0.29) is 12.0 Å². The molecule has 4 nitrogen and oxygen atoms in total. The van der Waals surface area contributed by atoms with Gasteiger partial charge in [-0.2, -0.15) is 0 Å². The molecular formula is C14H20ClNO3. The highest BCUT2D eigenvalue weighted by Crippen LogP contribution is 2.44. The summed E-state index contributed by atoms with van der Waals surface area (Å²) in [5.41, 5.74) is 1.07. The van der Waals surface area contributed by atoms with Crippen LogP contribution in [-0.4, -0.2) is 32.5 Å². The van der Waals surface area contributed by atoms with Gasteiger partial charge in [-0.05, 0) is 24.5 Å². The molecule has 0 aliphatic heterocycles. The molecule has 0 amide bonds. The van der Waals surface area contributed by atoms with Gasteiger partial charge in [-0.15, -0.1) is 0 Å². The van der Waals surface area contributed by atoms with Gasteiger partial charge in [0.25, 0.3) is 0 Å². The molecule has 0 saturated heterocycles. The number of halogens is 1. The van der Waals surface area contributed by atoms with Crippen LogP contribution in [0, 0.1) is 5.41 Å². The van der Waals surface area contributed by atoms with E-state index in [2.05, 4.69) is 5.32 Å². The van der Waals surface area contributed by atoms with Crippen molar-refractivity contribution < 1.29 is 14.6 Å². The molecule has 0 heterocycles. The van der Waals surface area contributed by atoms with Gasteiger partial charge in [-0.25, -0.2) is 0 Å². The van der Waals surface area contributed by atoms with Crippen molar-refractivity contribution in [1.29, 1.82) is 0 Å². The molecular weight excluding hydrogens is 266 g/mol. The van der Waals surface area contributed by atoms with Crippen LogP contribution >= 0.6 is 11.6 Å². The lowest BCUT2D eigenvalue weighted by atomic mass is 10.1. The van der Waals surface area contributed by atoms with E-state index in [1.165, 1.54) is 0 Å². The first-order valence-corrected chi connectivity index (χ1v) is 6.74. The summed E-state index contributed by atoms with van der Waals surface area (Å²) in [5, 5.41) is 13.2. The minimum Gasteiger partial charge on any atom is -0.493 e. The number of hydrogen-bond acceptors (Lipinski definition) is 4. The van der Waals surface area contributed by atoms with Crippen molar-refractivity contribution >= 4 is 11.6 Å². The van der Waals surface area contributed by atoms with Crippen LogP contribution in [0.3, 0.4) is 0 Å². The summed E-state index contributed by atoms with van der Waals surface area (Å²) < 4.78 is 10.5. The zero-order valence-electron chi connectivity index (χ0n) is 11.3. The number of nitrogens with one attached hydrogen (secondary N) is 1. The fraction of sp³-hybridized carbons (Fsp3) is 0.571. The molecule has 0 radical (unpaired) electrons. The minimum atomic E-state index is 0.100. The lowest BCUT2D eigenvalue weighted by molar-refractivity contribution is 0.207. The van der Waals surface area contributed by atoms with Crippen molar-refractivity contribution in [1.82, 2.24) is 5.32 Å². The lowest BCUT2D eigenvalue weighted by Gasteiger charge is -2.15. The highest BCUT2D eigenvalue weighted by atomic mass is 35.5. The normalized spacial score (nSPS) is 16.2. The van der Waals surface area contributed by atoms with Gasteiger partial charge < -0.3 is 19.9 Å². The van der Waals surface area contributed by atoms with E-state index in [0.29, 0.717) is 23.1 Å². The van der Waals surface area contributed by atoms with Gasteiger partial charge in [0.15, 0.2) is 11.5 Å². The fourth-order valence-electron chi connectivity index (χ4n) is 2.10. The first-order valence-electron chi connectivity index (χ1n) is 6.37. The topological polar surface area (TPSA) is 50.7 Å². The summed E-state index contributed by atoms with van der Waals surface area (Å²) in [5.74, 6) is 1.19. The third-order valence-corrected chi connectivity index (χ3v) is 4.09. The summed E-state index contributed by atoms with van der Waals surface area (Å²) >= 11 is 6.30. The molecule has 0 aromatic heterocycles. The van der Waals surface area contributed by atoms with E-state index >= 15 is 0 Å². The molecule has 0 bridgehead atoms. The highest BCUT2D eigenvalue weighted by Gasteiger charge is 2.41. The molecule has 1 fully saturated rings. The molecule has 1 aliphatic rings. The minimum absolute atomic E-state index is 0.100. The molecule has 2 N–H and O–H groups in total. The maximum absolute atomic E-state index is 9.26. The Balaban J connectivity index is 2.00. The first-order chi connectivity index (χ1) is 9.15. The predicted octanol–water partition coefficient (Wildman–Crippen LogP) is 2.22. The van der Waals surface area contributed by atoms with Crippen LogP contribution in [0.25, 0.3) is 0 Å². The largest absolute Gasteiger partial charge is 0.493 e. The quantitative estimate of drug-likeness (QED) is 0.807. The van der Waals surface area contributed by atoms with Gasteiger partial charge in [0.2, 0.25) is 0 Å². The average molecular weight is 286 g/mol. The Bertz CT molecular complexity index is 447. The van der Waals surface area contributed by atoms with Crippen molar-refractivity contribution in [2.45, 2.75) is 19.4 Å². The van der Waals surface area contributed by atoms with E-state index in [0.717, 1.165) is 24.9 Å². The van der Waals surface area contributed by atoms with Crippen LogP contribution in [0.4, 0.5) is 0 Å². The van der Waals surface area contributed by atoms with E-state index in [4.69, 9.17) is 21.1 Å². The van der Waals surface area contributed by atoms with Gasteiger partial charge in [0, 0.05) is 25.1 Å². The summed E-state index contributed by atoms with van der Waals surface area (Å²) in [4.78, 5) is 0. The van der Waals surface area contributed by atoms with Gasteiger partial charge in [0.05, 0.1) is 19.2 Å². The lowest BCUT2D eigenvalue weighted by Crippen LogP contribution is -2.26. The van der Waals surface area contributed by atoms with Gasteiger partial charge in [-0.3, -0.25) is 0 Å². The summed E-state index contributed by atoms with van der Waals surface area (Å²) in [6.07, 6.45) is 2.19. The Morgan fingerprint density at radius 3 is 2.58 bits per heavy atom. The molecule has 1 aromatic carbocycles. The number of benzene rings is 1. The molecule has 0 spiro atoms. The van der Waals surface area contributed by atoms with Crippen LogP contribution in [0.2, 0.25) is 5.02 Å². The maximum Gasteiger partial charge on any atom is 0.179 e. The zero-order chi connectivity index (χ0) is 13.9. The number of rotatable bonds is 7. The molecule has 106 valence electrons. The number of ether oxygens (including phenoxy) is 2. The van der Waals surface area contributed by atoms with E-state index in [1.54, 1.807) is 14.2 Å². The summed E-state index contributed by atoms with van der Waals surface area (Å²) in [6.45, 7) is 1.72. The summed E-state index contributed by atoms with van der Waals surface area (Å²) in [6, 6.07) is 3.77. The van der Waals surface area contributed by atoms with Crippen LogP contribution < -0.4 is 14.8 Å². The molecule has 5 heteroatoms. The smallest absolute Gasteiger partial charge is 0.179 e. The highest BCUT2D eigenvalue weighted by molar-refractivity contribution is 6.33. The van der Waals surface area contributed by atoms with Crippen molar-refractivity contribution in [2.24, 2.45) is 5.41 Å². The number of aliphatic hydroxyl groups excluding tert-OH is 1. The molecule has 1 aromatic rings. The SMILES string of the molecule is COc1ccc(CNCC2(CO)CC2)c(Cl)c1OC. The third-order valence-electron chi connectivity index (χ3n) is 3.67. The van der Waals surface area contributed by atoms with Crippen molar-refractivity contribution in [3.8, 4) is 11.5 Å². The van der Waals surface area contributed by atoms with Crippen LogP contribution in [0.15, 0.2) is 12.1 Å². The predicted molar refractivity (Wildman–Crippen MR) is 75.0 cm³/mol. The van der Waals surface area contributed by atoms with E-state index < -0.39 is 0 Å². The maximum atomic E-state index is 9.26. The molecule has 0 unspecified atom stereocenters. The Morgan fingerprint density at radius 2 is 2.05 bits per heavy atom. The number of aliphatic hydroxyl groups is 1. The van der Waals surface area contributed by atoms with Gasteiger partial charge >= 0.3 is 0 Å². The second-order valence-corrected chi connectivity index (χ2v) is 5.41. The van der Waals surface area contributed by atoms with Crippen molar-refractivity contribution in [3.63, 3.8) is 0 Å². The second-order valence-electron chi connectivity index (χ2n) is 5.04. The zero-order valence-corrected chi connectivity index (χ0v) is 12.1. The first kappa shape index (κ1) is 14.4. The molecule has 1 saturated carbocycles. The van der Waals surface area contributed by atoms with Crippen LogP contribution in [0.1, 0.15) is 18.4 Å². The monoisotopic (exact) mass is 285 g/mol. The van der Waals surface area contributed by atoms with Gasteiger partial charge in [-0.1, -0.05) is 17.7 Å². The second kappa shape index (κ2) is 5.99. The molecule has 1 aliphatic carbocycles. The van der Waals surface area contributed by atoms with Crippen LogP contribution in [-0.2, 0) is 6.54 Å². The van der Waals surface area contributed by atoms with Crippen molar-refractivity contribution in [3.05, 3.63) is 22.7 Å². The van der Waals surface area contributed by atoms with Crippen molar-refractivity contribution in [2.75, 3.05) is 27.4 Å².